The topological polar surface area (TPSA) is 74.5 Å². The number of esters is 1. The normalized spacial score (nSPS) is 12.0. The summed E-state index contributed by atoms with van der Waals surface area (Å²) in [4.78, 5) is 11.5. The van der Waals surface area contributed by atoms with Crippen LogP contribution in [-0.2, 0) is 11.2 Å². The molecule has 0 fully saturated rings. The number of ether oxygens (including phenoxy) is 2. The third-order valence-electron chi connectivity index (χ3n) is 3.01. The summed E-state index contributed by atoms with van der Waals surface area (Å²) in [5.41, 5.74) is 1.12. The molecule has 0 aliphatic rings. The first-order valence-electron chi connectivity index (χ1n) is 6.77. The predicted molar refractivity (Wildman–Crippen MR) is 75.4 cm³/mol. The van der Waals surface area contributed by atoms with Crippen molar-refractivity contribution in [2.75, 3.05) is 13.7 Å². The summed E-state index contributed by atoms with van der Waals surface area (Å²) < 4.78 is 15.3. The van der Waals surface area contributed by atoms with Crippen LogP contribution in [-0.4, -0.2) is 29.9 Å². The molecule has 0 amide bonds. The van der Waals surface area contributed by atoms with Crippen LogP contribution >= 0.6 is 0 Å². The fourth-order valence-electron chi connectivity index (χ4n) is 1.91. The van der Waals surface area contributed by atoms with Crippen LogP contribution in [0.4, 0.5) is 0 Å². The van der Waals surface area contributed by atoms with Gasteiger partial charge in [-0.3, -0.25) is 0 Å². The summed E-state index contributed by atoms with van der Waals surface area (Å²) in [7, 11) is 1.63. The molecule has 6 heteroatoms. The quantitative estimate of drug-likeness (QED) is 0.761. The molecule has 6 nitrogen and oxygen atoms in total. The van der Waals surface area contributed by atoms with E-state index in [1.807, 2.05) is 31.2 Å². The van der Waals surface area contributed by atoms with Gasteiger partial charge < -0.3 is 13.9 Å². The van der Waals surface area contributed by atoms with E-state index in [4.69, 9.17) is 13.9 Å². The third-order valence-corrected chi connectivity index (χ3v) is 3.01. The molecular formula is C15H18N2O4. The molecule has 1 unspecified atom stereocenters. The van der Waals surface area contributed by atoms with Gasteiger partial charge >= 0.3 is 11.9 Å². The zero-order chi connectivity index (χ0) is 15.2. The van der Waals surface area contributed by atoms with Crippen LogP contribution in [0.3, 0.4) is 0 Å². The zero-order valence-corrected chi connectivity index (χ0v) is 12.3. The molecule has 2 rings (SSSR count). The monoisotopic (exact) mass is 290 g/mol. The molecule has 0 N–H and O–H groups in total. The second-order valence-electron chi connectivity index (χ2n) is 4.62. The minimum absolute atomic E-state index is 0.00840. The highest BCUT2D eigenvalue weighted by Crippen LogP contribution is 2.21. The lowest BCUT2D eigenvalue weighted by atomic mass is 10.0. The molecule has 0 aliphatic heterocycles. The molecule has 0 radical (unpaired) electrons. The average molecular weight is 290 g/mol. The maximum atomic E-state index is 11.5. The van der Waals surface area contributed by atoms with Gasteiger partial charge in [-0.25, -0.2) is 4.79 Å². The van der Waals surface area contributed by atoms with E-state index in [9.17, 15) is 4.79 Å². The molecule has 1 aromatic heterocycles. The second-order valence-corrected chi connectivity index (χ2v) is 4.62. The van der Waals surface area contributed by atoms with Crippen molar-refractivity contribution in [3.8, 4) is 5.75 Å². The molecule has 2 aromatic rings. The summed E-state index contributed by atoms with van der Waals surface area (Å²) in [5.74, 6) is 0.554. The van der Waals surface area contributed by atoms with Gasteiger partial charge in [0.25, 0.3) is 0 Å². The van der Waals surface area contributed by atoms with Crippen molar-refractivity contribution in [1.82, 2.24) is 10.2 Å². The van der Waals surface area contributed by atoms with Gasteiger partial charge in [0.15, 0.2) is 0 Å². The van der Waals surface area contributed by atoms with E-state index in [1.165, 1.54) is 0 Å². The molecular weight excluding hydrogens is 272 g/mol. The van der Waals surface area contributed by atoms with Crippen LogP contribution in [0, 0.1) is 0 Å². The number of aromatic nitrogens is 2. The number of carbonyl (C=O) groups is 1. The number of hydrogen-bond acceptors (Lipinski definition) is 6. The Hall–Kier alpha value is -2.37. The second kappa shape index (κ2) is 6.88. The largest absolute Gasteiger partial charge is 0.497 e. The fourth-order valence-corrected chi connectivity index (χ4v) is 1.91. The summed E-state index contributed by atoms with van der Waals surface area (Å²) in [5, 5.41) is 7.62. The van der Waals surface area contributed by atoms with Crippen LogP contribution in [0.15, 0.2) is 28.7 Å². The Bertz CT molecular complexity index is 592. The number of nitrogens with zero attached hydrogens (tertiary/aromatic N) is 2. The van der Waals surface area contributed by atoms with Crippen LogP contribution in [0.5, 0.6) is 5.75 Å². The Morgan fingerprint density at radius 1 is 1.29 bits per heavy atom. The van der Waals surface area contributed by atoms with E-state index < -0.39 is 5.97 Å². The van der Waals surface area contributed by atoms with Crippen molar-refractivity contribution in [2.24, 2.45) is 0 Å². The van der Waals surface area contributed by atoms with Crippen molar-refractivity contribution < 1.29 is 18.7 Å². The molecule has 21 heavy (non-hydrogen) atoms. The van der Waals surface area contributed by atoms with E-state index >= 15 is 0 Å². The Morgan fingerprint density at radius 2 is 2.00 bits per heavy atom. The Morgan fingerprint density at radius 3 is 2.62 bits per heavy atom. The summed E-state index contributed by atoms with van der Waals surface area (Å²) >= 11 is 0. The standard InChI is InChI=1S/C15H18N2O4/c1-4-20-15(18)14-17-16-13(21-14)10(2)9-11-5-7-12(19-3)8-6-11/h5-8,10H,4,9H2,1-3H3. The first-order chi connectivity index (χ1) is 10.1. The SMILES string of the molecule is CCOC(=O)c1nnc(C(C)Cc2ccc(OC)cc2)o1. The summed E-state index contributed by atoms with van der Waals surface area (Å²) in [6.07, 6.45) is 0.731. The third kappa shape index (κ3) is 3.81. The van der Waals surface area contributed by atoms with Crippen LogP contribution in [0.2, 0.25) is 0 Å². The van der Waals surface area contributed by atoms with E-state index in [-0.39, 0.29) is 18.4 Å². The lowest BCUT2D eigenvalue weighted by molar-refractivity contribution is 0.0478. The minimum Gasteiger partial charge on any atom is -0.497 e. The van der Waals surface area contributed by atoms with E-state index in [0.717, 1.165) is 17.7 Å². The first-order valence-corrected chi connectivity index (χ1v) is 6.77. The van der Waals surface area contributed by atoms with Crippen LogP contribution in [0.25, 0.3) is 0 Å². The molecule has 1 atom stereocenters. The number of methoxy groups -OCH3 is 1. The fraction of sp³-hybridized carbons (Fsp3) is 0.400. The van der Waals surface area contributed by atoms with Crippen LogP contribution < -0.4 is 4.74 Å². The molecule has 0 aliphatic carbocycles. The Labute approximate surface area is 123 Å². The minimum atomic E-state index is -0.590. The van der Waals surface area contributed by atoms with Crippen molar-refractivity contribution >= 4 is 5.97 Å². The number of benzene rings is 1. The highest BCUT2D eigenvalue weighted by Gasteiger charge is 2.19. The average Bonchev–Trinajstić information content (AvgIpc) is 2.98. The predicted octanol–water partition coefficient (Wildman–Crippen LogP) is 2.60. The molecule has 0 spiro atoms. The van der Waals surface area contributed by atoms with Gasteiger partial charge in [-0.2, -0.15) is 0 Å². The lowest BCUT2D eigenvalue weighted by Crippen LogP contribution is -2.04. The highest BCUT2D eigenvalue weighted by atomic mass is 16.5. The molecule has 1 heterocycles. The summed E-state index contributed by atoms with van der Waals surface area (Å²) in [6.45, 7) is 3.96. The van der Waals surface area contributed by atoms with Gasteiger partial charge in [0.05, 0.1) is 13.7 Å². The zero-order valence-electron chi connectivity index (χ0n) is 12.3. The molecule has 112 valence electrons. The smallest absolute Gasteiger partial charge is 0.396 e. The van der Waals surface area contributed by atoms with Crippen molar-refractivity contribution in [3.63, 3.8) is 0 Å². The number of hydrogen-bond donors (Lipinski definition) is 0. The lowest BCUT2D eigenvalue weighted by Gasteiger charge is -2.07. The Balaban J connectivity index is 2.02. The highest BCUT2D eigenvalue weighted by molar-refractivity contribution is 5.83. The summed E-state index contributed by atoms with van der Waals surface area (Å²) in [6, 6.07) is 7.77. The van der Waals surface area contributed by atoms with Gasteiger partial charge in [0.2, 0.25) is 5.89 Å². The maximum absolute atomic E-state index is 11.5. The molecule has 1 aromatic carbocycles. The molecule has 0 saturated carbocycles. The van der Waals surface area contributed by atoms with Crippen LogP contribution in [0.1, 0.15) is 41.9 Å². The van der Waals surface area contributed by atoms with Gasteiger partial charge in [-0.1, -0.05) is 19.1 Å². The van der Waals surface area contributed by atoms with Gasteiger partial charge in [-0.15, -0.1) is 10.2 Å². The van der Waals surface area contributed by atoms with E-state index in [0.29, 0.717) is 5.89 Å². The van der Waals surface area contributed by atoms with Crippen molar-refractivity contribution in [1.29, 1.82) is 0 Å². The van der Waals surface area contributed by atoms with Crippen molar-refractivity contribution in [2.45, 2.75) is 26.2 Å². The van der Waals surface area contributed by atoms with Crippen molar-refractivity contribution in [3.05, 3.63) is 41.6 Å². The van der Waals surface area contributed by atoms with E-state index in [2.05, 4.69) is 10.2 Å². The van der Waals surface area contributed by atoms with Gasteiger partial charge in [-0.05, 0) is 31.0 Å². The van der Waals surface area contributed by atoms with Gasteiger partial charge in [0.1, 0.15) is 5.75 Å². The first kappa shape index (κ1) is 15.0. The van der Waals surface area contributed by atoms with Gasteiger partial charge in [0, 0.05) is 5.92 Å². The Kier molecular flexibility index (Phi) is 4.92. The maximum Gasteiger partial charge on any atom is 0.396 e. The number of carbonyl (C=O) groups excluding carboxylic acids is 1. The molecule has 0 bridgehead atoms. The van der Waals surface area contributed by atoms with E-state index in [1.54, 1.807) is 14.0 Å². The molecule has 0 saturated heterocycles. The number of rotatable bonds is 6.